The number of nitrogens with two attached hydrogens (primary N) is 1. The first-order valence-electron chi connectivity index (χ1n) is 6.35. The number of aromatic nitrogens is 2. The monoisotopic (exact) mass is 295 g/mol. The summed E-state index contributed by atoms with van der Waals surface area (Å²) >= 11 is 7.59. The van der Waals surface area contributed by atoms with Crippen LogP contribution in [-0.2, 0) is 6.54 Å². The summed E-state index contributed by atoms with van der Waals surface area (Å²) in [6, 6.07) is 7.76. The van der Waals surface area contributed by atoms with Crippen molar-refractivity contribution in [2.45, 2.75) is 30.8 Å². The molecule has 2 rings (SSSR count). The molecule has 19 heavy (non-hydrogen) atoms. The highest BCUT2D eigenvalue weighted by atomic mass is 35.5. The summed E-state index contributed by atoms with van der Waals surface area (Å²) in [7, 11) is 0. The molecule has 0 fully saturated rings. The first kappa shape index (κ1) is 14.4. The van der Waals surface area contributed by atoms with Crippen molar-refractivity contribution in [3.63, 3.8) is 0 Å². The van der Waals surface area contributed by atoms with Crippen LogP contribution in [0, 0.1) is 0 Å². The second-order valence-corrected chi connectivity index (χ2v) is 5.88. The van der Waals surface area contributed by atoms with E-state index >= 15 is 0 Å². The van der Waals surface area contributed by atoms with Gasteiger partial charge in [-0.1, -0.05) is 18.5 Å². The molecule has 1 atom stereocenters. The molecular weight excluding hydrogens is 278 g/mol. The van der Waals surface area contributed by atoms with E-state index in [1.54, 1.807) is 11.8 Å². The molecule has 0 spiro atoms. The van der Waals surface area contributed by atoms with Crippen molar-refractivity contribution in [1.29, 1.82) is 0 Å². The van der Waals surface area contributed by atoms with E-state index in [0.29, 0.717) is 0 Å². The fourth-order valence-electron chi connectivity index (χ4n) is 1.87. The minimum absolute atomic E-state index is 0.0535. The van der Waals surface area contributed by atoms with Gasteiger partial charge >= 0.3 is 0 Å². The van der Waals surface area contributed by atoms with E-state index in [0.717, 1.165) is 29.6 Å². The molecule has 1 heterocycles. The van der Waals surface area contributed by atoms with E-state index in [1.807, 2.05) is 36.7 Å². The van der Waals surface area contributed by atoms with Crippen LogP contribution in [0.4, 0.5) is 0 Å². The number of thioether (sulfide) groups is 1. The minimum atomic E-state index is -0.0535. The lowest BCUT2D eigenvalue weighted by Crippen LogP contribution is -2.18. The molecule has 1 aromatic heterocycles. The van der Waals surface area contributed by atoms with Crippen LogP contribution in [0.3, 0.4) is 0 Å². The first-order valence-corrected chi connectivity index (χ1v) is 7.72. The van der Waals surface area contributed by atoms with E-state index < -0.39 is 0 Å². The Morgan fingerprint density at radius 1 is 1.37 bits per heavy atom. The third-order valence-corrected chi connectivity index (χ3v) is 4.17. The average Bonchev–Trinajstić information content (AvgIpc) is 2.86. The summed E-state index contributed by atoms with van der Waals surface area (Å²) in [5.41, 5.74) is 6.22. The highest BCUT2D eigenvalue weighted by Crippen LogP contribution is 2.24. The summed E-state index contributed by atoms with van der Waals surface area (Å²) in [6.07, 6.45) is 4.89. The van der Waals surface area contributed by atoms with Crippen LogP contribution in [-0.4, -0.2) is 15.3 Å². The van der Waals surface area contributed by atoms with Gasteiger partial charge in [-0.25, -0.2) is 4.98 Å². The van der Waals surface area contributed by atoms with Gasteiger partial charge in [-0.2, -0.15) is 0 Å². The average molecular weight is 296 g/mol. The maximum atomic E-state index is 6.22. The molecule has 2 aromatic rings. The third-order valence-electron chi connectivity index (χ3n) is 2.79. The van der Waals surface area contributed by atoms with E-state index in [1.165, 1.54) is 4.90 Å². The molecule has 1 aromatic carbocycles. The van der Waals surface area contributed by atoms with Crippen molar-refractivity contribution in [2.24, 2.45) is 5.73 Å². The molecule has 0 bridgehead atoms. The molecule has 0 radical (unpaired) electrons. The molecule has 0 aliphatic rings. The Morgan fingerprint density at radius 2 is 2.11 bits per heavy atom. The van der Waals surface area contributed by atoms with E-state index in [9.17, 15) is 0 Å². The predicted molar refractivity (Wildman–Crippen MR) is 81.6 cm³/mol. The van der Waals surface area contributed by atoms with Crippen LogP contribution in [0.15, 0.2) is 41.6 Å². The van der Waals surface area contributed by atoms with Crippen LogP contribution >= 0.6 is 23.4 Å². The molecule has 3 nitrogen and oxygen atoms in total. The predicted octanol–water partition coefficient (Wildman–Crippen LogP) is 3.74. The molecule has 0 aliphatic heterocycles. The number of hydrogen-bond acceptors (Lipinski definition) is 3. The van der Waals surface area contributed by atoms with Crippen LogP contribution in [0.25, 0.3) is 0 Å². The zero-order valence-electron chi connectivity index (χ0n) is 10.9. The molecule has 5 heteroatoms. The van der Waals surface area contributed by atoms with Crippen molar-refractivity contribution in [2.75, 3.05) is 5.75 Å². The van der Waals surface area contributed by atoms with Gasteiger partial charge in [0.25, 0.3) is 0 Å². The van der Waals surface area contributed by atoms with Gasteiger partial charge in [0.1, 0.15) is 5.82 Å². The van der Waals surface area contributed by atoms with Gasteiger partial charge in [0.15, 0.2) is 0 Å². The van der Waals surface area contributed by atoms with Gasteiger partial charge in [-0.05, 0) is 30.7 Å². The van der Waals surface area contributed by atoms with E-state index in [-0.39, 0.29) is 6.04 Å². The molecule has 0 amide bonds. The zero-order valence-corrected chi connectivity index (χ0v) is 12.5. The Balaban J connectivity index is 1.95. The number of aryl methyl sites for hydroxylation is 1. The number of nitrogens with zero attached hydrogens (tertiary/aromatic N) is 2. The fraction of sp³-hybridized carbons (Fsp3) is 0.357. The highest BCUT2D eigenvalue weighted by Gasteiger charge is 2.12. The van der Waals surface area contributed by atoms with Gasteiger partial charge < -0.3 is 10.3 Å². The summed E-state index contributed by atoms with van der Waals surface area (Å²) < 4.78 is 2.13. The summed E-state index contributed by atoms with van der Waals surface area (Å²) in [5.74, 6) is 1.77. The number of halogens is 1. The van der Waals surface area contributed by atoms with Crippen molar-refractivity contribution < 1.29 is 0 Å². The molecular formula is C14H18ClN3S. The standard InChI is InChI=1S/C14H18ClN3S/c1-2-8-18-9-7-17-14(18)13(16)10-19-12-5-3-11(15)4-6-12/h3-7,9,13H,2,8,10,16H2,1H3. The number of benzene rings is 1. The van der Waals surface area contributed by atoms with Gasteiger partial charge in [-0.3, -0.25) is 0 Å². The Labute approximate surface area is 123 Å². The molecule has 102 valence electrons. The second kappa shape index (κ2) is 6.98. The normalized spacial score (nSPS) is 12.6. The minimum Gasteiger partial charge on any atom is -0.334 e. The van der Waals surface area contributed by atoms with Crippen LogP contribution in [0.5, 0.6) is 0 Å². The fourth-order valence-corrected chi connectivity index (χ4v) is 2.85. The van der Waals surface area contributed by atoms with Gasteiger partial charge in [-0.15, -0.1) is 11.8 Å². The van der Waals surface area contributed by atoms with E-state index in [2.05, 4.69) is 16.5 Å². The Bertz CT molecular complexity index is 510. The van der Waals surface area contributed by atoms with Crippen molar-refractivity contribution >= 4 is 23.4 Å². The molecule has 2 N–H and O–H groups in total. The lowest BCUT2D eigenvalue weighted by Gasteiger charge is -2.13. The number of hydrogen-bond donors (Lipinski definition) is 1. The first-order chi connectivity index (χ1) is 9.20. The Kier molecular flexibility index (Phi) is 5.31. The van der Waals surface area contributed by atoms with Crippen molar-refractivity contribution in [3.05, 3.63) is 47.5 Å². The van der Waals surface area contributed by atoms with Crippen molar-refractivity contribution in [3.8, 4) is 0 Å². The van der Waals surface area contributed by atoms with Gasteiger partial charge in [0.2, 0.25) is 0 Å². The second-order valence-electron chi connectivity index (χ2n) is 4.35. The molecule has 0 aliphatic carbocycles. The lowest BCUT2D eigenvalue weighted by atomic mass is 10.3. The number of rotatable bonds is 6. The Morgan fingerprint density at radius 3 is 2.79 bits per heavy atom. The quantitative estimate of drug-likeness (QED) is 0.826. The molecule has 0 saturated carbocycles. The maximum Gasteiger partial charge on any atom is 0.126 e. The van der Waals surface area contributed by atoms with Gasteiger partial charge in [0, 0.05) is 34.6 Å². The highest BCUT2D eigenvalue weighted by molar-refractivity contribution is 7.99. The SMILES string of the molecule is CCCn1ccnc1C(N)CSc1ccc(Cl)cc1. The van der Waals surface area contributed by atoms with Crippen LogP contribution in [0.2, 0.25) is 5.02 Å². The Hall–Kier alpha value is -0.970. The van der Waals surface area contributed by atoms with Gasteiger partial charge in [0.05, 0.1) is 6.04 Å². The maximum absolute atomic E-state index is 6.22. The summed E-state index contributed by atoms with van der Waals surface area (Å²) in [4.78, 5) is 5.54. The molecule has 1 unspecified atom stereocenters. The largest absolute Gasteiger partial charge is 0.334 e. The third kappa shape index (κ3) is 4.00. The summed E-state index contributed by atoms with van der Waals surface area (Å²) in [5, 5.41) is 0.757. The van der Waals surface area contributed by atoms with Crippen LogP contribution in [0.1, 0.15) is 25.2 Å². The lowest BCUT2D eigenvalue weighted by molar-refractivity contribution is 0.603. The van der Waals surface area contributed by atoms with Crippen molar-refractivity contribution in [1.82, 2.24) is 9.55 Å². The topological polar surface area (TPSA) is 43.8 Å². The van der Waals surface area contributed by atoms with E-state index in [4.69, 9.17) is 17.3 Å². The summed E-state index contributed by atoms with van der Waals surface area (Å²) in [6.45, 7) is 3.12. The van der Waals surface area contributed by atoms with Crippen LogP contribution < -0.4 is 5.73 Å². The number of imidazole rings is 1. The molecule has 0 saturated heterocycles. The zero-order chi connectivity index (χ0) is 13.7. The smallest absolute Gasteiger partial charge is 0.126 e.